The highest BCUT2D eigenvalue weighted by Crippen LogP contribution is 2.16. The monoisotopic (exact) mass is 833 g/mol. The van der Waals surface area contributed by atoms with Crippen LogP contribution in [0.15, 0.2) is 36.5 Å². The van der Waals surface area contributed by atoms with Crippen LogP contribution >= 0.6 is 0 Å². The topological polar surface area (TPSA) is 99.1 Å². The smallest absolute Gasteiger partial charge is 0.362 e. The summed E-state index contributed by atoms with van der Waals surface area (Å²) in [6, 6.07) is -0.615. The average Bonchev–Trinajstić information content (AvgIpc) is 3.19. The number of quaternary nitrogens is 1. The van der Waals surface area contributed by atoms with E-state index in [2.05, 4.69) is 50.3 Å². The molecule has 0 aliphatic rings. The molecule has 59 heavy (non-hydrogen) atoms. The first-order valence-electron chi connectivity index (χ1n) is 24.5. The molecule has 1 N–H and O–H groups in total. The summed E-state index contributed by atoms with van der Waals surface area (Å²) in [6.45, 7) is 4.64. The van der Waals surface area contributed by atoms with Gasteiger partial charge in [0.25, 0.3) is 0 Å². The van der Waals surface area contributed by atoms with E-state index in [1.807, 2.05) is 21.1 Å². The molecule has 0 rings (SSSR count). The van der Waals surface area contributed by atoms with Crippen molar-refractivity contribution in [2.24, 2.45) is 0 Å². The minimum Gasteiger partial charge on any atom is -0.477 e. The number of nitrogens with zero attached hydrogens (tertiary/aromatic N) is 1. The Hall–Kier alpha value is -2.45. The highest BCUT2D eigenvalue weighted by Gasteiger charge is 2.31. The van der Waals surface area contributed by atoms with Crippen molar-refractivity contribution in [3.63, 3.8) is 0 Å². The summed E-state index contributed by atoms with van der Waals surface area (Å²) in [5, 5.41) is 9.64. The summed E-state index contributed by atoms with van der Waals surface area (Å²) in [4.78, 5) is 37.1. The Labute approximate surface area is 364 Å². The van der Waals surface area contributed by atoms with Gasteiger partial charge in [-0.2, -0.15) is 0 Å². The lowest BCUT2D eigenvalue weighted by Crippen LogP contribution is -2.50. The number of ether oxygens (including phenoxy) is 3. The van der Waals surface area contributed by atoms with E-state index in [0.717, 1.165) is 64.2 Å². The molecule has 8 nitrogen and oxygen atoms in total. The van der Waals surface area contributed by atoms with Gasteiger partial charge in [0.05, 0.1) is 34.4 Å². The number of hydrogen-bond acceptors (Lipinski definition) is 6. The molecule has 0 aromatic carbocycles. The van der Waals surface area contributed by atoms with Crippen molar-refractivity contribution in [3.05, 3.63) is 36.5 Å². The molecule has 0 amide bonds. The van der Waals surface area contributed by atoms with Gasteiger partial charge in [0.2, 0.25) is 0 Å². The van der Waals surface area contributed by atoms with E-state index < -0.39 is 18.1 Å². The average molecular weight is 833 g/mol. The largest absolute Gasteiger partial charge is 0.477 e. The van der Waals surface area contributed by atoms with Gasteiger partial charge in [-0.3, -0.25) is 9.59 Å². The van der Waals surface area contributed by atoms with Crippen LogP contribution in [0, 0.1) is 0 Å². The summed E-state index contributed by atoms with van der Waals surface area (Å²) in [5.41, 5.74) is 0. The third-order valence-electron chi connectivity index (χ3n) is 11.0. The van der Waals surface area contributed by atoms with E-state index in [1.165, 1.54) is 122 Å². The van der Waals surface area contributed by atoms with Crippen LogP contribution in [0.5, 0.6) is 0 Å². The molecule has 0 bridgehead atoms. The van der Waals surface area contributed by atoms with Crippen molar-refractivity contribution >= 4 is 17.9 Å². The van der Waals surface area contributed by atoms with E-state index in [4.69, 9.17) is 14.2 Å². The first kappa shape index (κ1) is 56.5. The highest BCUT2D eigenvalue weighted by molar-refractivity contribution is 5.72. The van der Waals surface area contributed by atoms with Gasteiger partial charge in [0, 0.05) is 19.3 Å². The van der Waals surface area contributed by atoms with Crippen LogP contribution in [0.3, 0.4) is 0 Å². The molecule has 344 valence electrons. The van der Waals surface area contributed by atoms with Crippen LogP contribution in [0.1, 0.15) is 219 Å². The molecule has 0 aliphatic heterocycles. The van der Waals surface area contributed by atoms with Gasteiger partial charge in [-0.05, 0) is 64.2 Å². The molecule has 0 saturated carbocycles. The van der Waals surface area contributed by atoms with Crippen molar-refractivity contribution < 1.29 is 38.2 Å². The van der Waals surface area contributed by atoms with Gasteiger partial charge in [0.1, 0.15) is 6.61 Å². The van der Waals surface area contributed by atoms with Crippen LogP contribution in [0.4, 0.5) is 0 Å². The molecular weight excluding hydrogens is 739 g/mol. The number of carboxylic acids is 1. The number of allylic oxidation sites excluding steroid dienone is 6. The molecule has 0 aromatic rings. The second kappa shape index (κ2) is 42.2. The molecule has 0 aliphatic carbocycles. The first-order chi connectivity index (χ1) is 28.6. The van der Waals surface area contributed by atoms with Gasteiger partial charge < -0.3 is 23.8 Å². The van der Waals surface area contributed by atoms with Crippen LogP contribution < -0.4 is 0 Å². The SMILES string of the molecule is CC/C=C/C/C=C/CCCCCCCCCCCCCCCCC(=O)OC(COCCC(C(=O)O)[N+](C)(C)C)COC(=O)CCCCC/C=C/CCCCCCCCC. The van der Waals surface area contributed by atoms with Gasteiger partial charge in [-0.1, -0.05) is 172 Å². The Morgan fingerprint density at radius 3 is 1.42 bits per heavy atom. The predicted octanol–water partition coefficient (Wildman–Crippen LogP) is 13.8. The normalized spacial score (nSPS) is 13.2. The summed E-state index contributed by atoms with van der Waals surface area (Å²) in [5.74, 6) is -1.48. The number of carbonyl (C=O) groups is 3. The Morgan fingerprint density at radius 2 is 0.949 bits per heavy atom. The summed E-state index contributed by atoms with van der Waals surface area (Å²) < 4.78 is 17.3. The maximum absolute atomic E-state index is 12.8. The van der Waals surface area contributed by atoms with Crippen LogP contribution in [-0.2, 0) is 28.6 Å². The molecule has 0 saturated heterocycles. The fourth-order valence-corrected chi connectivity index (χ4v) is 7.24. The quantitative estimate of drug-likeness (QED) is 0.0282. The van der Waals surface area contributed by atoms with Gasteiger partial charge >= 0.3 is 17.9 Å². The Kier molecular flexibility index (Phi) is 40.5. The van der Waals surface area contributed by atoms with Crippen LogP contribution in [-0.4, -0.2) is 80.6 Å². The third kappa shape index (κ3) is 40.7. The number of aliphatic carboxylic acids is 1. The Bertz CT molecular complexity index is 1060. The van der Waals surface area contributed by atoms with Gasteiger partial charge in [-0.15, -0.1) is 0 Å². The fourth-order valence-electron chi connectivity index (χ4n) is 7.24. The zero-order valence-corrected chi connectivity index (χ0v) is 39.2. The van der Waals surface area contributed by atoms with Crippen molar-refractivity contribution in [1.82, 2.24) is 0 Å². The van der Waals surface area contributed by atoms with E-state index in [9.17, 15) is 19.5 Å². The van der Waals surface area contributed by atoms with Crippen LogP contribution in [0.25, 0.3) is 0 Å². The lowest BCUT2D eigenvalue weighted by Gasteiger charge is -2.31. The molecule has 0 radical (unpaired) electrons. The Balaban J connectivity index is 4.24. The van der Waals surface area contributed by atoms with Crippen molar-refractivity contribution in [3.8, 4) is 0 Å². The molecule has 8 heteroatoms. The number of carboxylic acid groups (broad SMARTS) is 1. The molecule has 0 fully saturated rings. The molecule has 0 aromatic heterocycles. The number of likely N-dealkylation sites (N-methyl/N-ethyl adjacent to an activating group) is 1. The molecular formula is C51H94NO7+. The van der Waals surface area contributed by atoms with E-state index >= 15 is 0 Å². The predicted molar refractivity (Wildman–Crippen MR) is 248 cm³/mol. The molecule has 0 heterocycles. The van der Waals surface area contributed by atoms with E-state index in [-0.39, 0.29) is 36.2 Å². The molecule has 2 unspecified atom stereocenters. The van der Waals surface area contributed by atoms with Crippen molar-refractivity contribution in [1.29, 1.82) is 0 Å². The van der Waals surface area contributed by atoms with E-state index in [0.29, 0.717) is 19.3 Å². The zero-order valence-electron chi connectivity index (χ0n) is 39.2. The van der Waals surface area contributed by atoms with Crippen LogP contribution in [0.2, 0.25) is 0 Å². The number of rotatable bonds is 44. The maximum atomic E-state index is 12.8. The maximum Gasteiger partial charge on any atom is 0.362 e. The number of hydrogen-bond donors (Lipinski definition) is 1. The lowest BCUT2D eigenvalue weighted by molar-refractivity contribution is -0.887. The standard InChI is InChI=1S/C51H93NO7/c1-6-8-10-12-14-16-18-20-22-23-24-25-26-27-28-30-32-34-36-38-40-42-50(54)59-47(45-57-44-43-48(51(55)56)52(3,4)5)46-58-49(53)41-39-37-35-33-31-29-21-19-17-15-13-11-9-7-2/h8,10,14,16,29,31,47-48H,6-7,9,11-13,15,17-28,30,32-46H2,1-5H3/p+1/b10-8+,16-14+,31-29+. The molecule has 0 spiro atoms. The first-order valence-corrected chi connectivity index (χ1v) is 24.5. The van der Waals surface area contributed by atoms with Crippen molar-refractivity contribution in [2.75, 3.05) is 41.0 Å². The number of unbranched alkanes of at least 4 members (excludes halogenated alkanes) is 24. The van der Waals surface area contributed by atoms with Gasteiger partial charge in [-0.25, -0.2) is 4.79 Å². The summed E-state index contributed by atoms with van der Waals surface area (Å²) in [6.07, 6.45) is 49.1. The third-order valence-corrected chi connectivity index (χ3v) is 11.0. The summed E-state index contributed by atoms with van der Waals surface area (Å²) >= 11 is 0. The minimum atomic E-state index is -0.875. The zero-order chi connectivity index (χ0) is 43.5. The second-order valence-corrected chi connectivity index (χ2v) is 17.7. The fraction of sp³-hybridized carbons (Fsp3) is 0.824. The van der Waals surface area contributed by atoms with Crippen molar-refractivity contribution in [2.45, 2.75) is 231 Å². The van der Waals surface area contributed by atoms with E-state index in [1.54, 1.807) is 0 Å². The molecule has 2 atom stereocenters. The lowest BCUT2D eigenvalue weighted by atomic mass is 10.0. The number of esters is 2. The second-order valence-electron chi connectivity index (χ2n) is 17.7. The van der Waals surface area contributed by atoms with Gasteiger partial charge in [0.15, 0.2) is 12.1 Å². The minimum absolute atomic E-state index is 0.0565. The Morgan fingerprint density at radius 1 is 0.525 bits per heavy atom. The summed E-state index contributed by atoms with van der Waals surface area (Å²) in [7, 11) is 5.53. The highest BCUT2D eigenvalue weighted by atomic mass is 16.6. The number of carbonyl (C=O) groups excluding carboxylic acids is 2.